The molecule has 0 aliphatic rings. The maximum atomic E-state index is 12.5. The zero-order valence-electron chi connectivity index (χ0n) is 10.4. The highest BCUT2D eigenvalue weighted by Crippen LogP contribution is 2.21. The Hall–Kier alpha value is -2.80. The van der Waals surface area contributed by atoms with E-state index in [1.807, 2.05) is 0 Å². The van der Waals surface area contributed by atoms with E-state index in [1.54, 1.807) is 12.3 Å². The van der Waals surface area contributed by atoms with Crippen molar-refractivity contribution in [2.45, 2.75) is 0 Å². The summed E-state index contributed by atoms with van der Waals surface area (Å²) < 4.78 is 0. The van der Waals surface area contributed by atoms with Gasteiger partial charge < -0.3 is 4.98 Å². The average molecular weight is 303 g/mol. The first-order chi connectivity index (χ1) is 10.1. The third-order valence-corrected chi connectivity index (χ3v) is 3.09. The van der Waals surface area contributed by atoms with Crippen LogP contribution < -0.4 is 0 Å². The fraction of sp³-hybridized carbons (Fsp3) is 0. The van der Waals surface area contributed by atoms with Crippen LogP contribution in [0.2, 0.25) is 5.28 Å². The summed E-state index contributed by atoms with van der Waals surface area (Å²) in [5.74, 6) is -0.451. The Morgan fingerprint density at radius 1 is 1.29 bits per heavy atom. The lowest BCUT2D eigenvalue weighted by atomic mass is 10.1. The Kier molecular flexibility index (Phi) is 3.11. The summed E-state index contributed by atoms with van der Waals surface area (Å²) in [5.41, 5.74) is 0.545. The van der Waals surface area contributed by atoms with E-state index in [2.05, 4.69) is 15.0 Å². The minimum Gasteiger partial charge on any atom is -0.346 e. The SMILES string of the molecule is O=C(c1cccc([N+](=O)[O-])c1)c1nc(Cl)nc2[nH]ccc12. The van der Waals surface area contributed by atoms with Crippen molar-refractivity contribution in [1.29, 1.82) is 0 Å². The number of nitrogens with zero attached hydrogens (tertiary/aromatic N) is 3. The van der Waals surface area contributed by atoms with Gasteiger partial charge in [-0.25, -0.2) is 4.98 Å². The van der Waals surface area contributed by atoms with Crippen molar-refractivity contribution < 1.29 is 9.72 Å². The Morgan fingerprint density at radius 3 is 2.86 bits per heavy atom. The summed E-state index contributed by atoms with van der Waals surface area (Å²) in [6.45, 7) is 0. The van der Waals surface area contributed by atoms with Gasteiger partial charge >= 0.3 is 0 Å². The quantitative estimate of drug-likeness (QED) is 0.347. The van der Waals surface area contributed by atoms with E-state index in [-0.39, 0.29) is 22.2 Å². The topological polar surface area (TPSA) is 102 Å². The normalized spacial score (nSPS) is 10.7. The predicted octanol–water partition coefficient (Wildman–Crippen LogP) is 2.75. The smallest absolute Gasteiger partial charge is 0.270 e. The molecule has 0 aliphatic carbocycles. The number of nitro benzene ring substituents is 1. The molecule has 2 aromatic heterocycles. The maximum absolute atomic E-state index is 12.5. The molecule has 8 heteroatoms. The highest BCUT2D eigenvalue weighted by atomic mass is 35.5. The molecule has 2 heterocycles. The molecule has 0 atom stereocenters. The van der Waals surface area contributed by atoms with E-state index < -0.39 is 10.7 Å². The summed E-state index contributed by atoms with van der Waals surface area (Å²) >= 11 is 5.79. The molecule has 0 fully saturated rings. The zero-order chi connectivity index (χ0) is 15.0. The molecule has 7 nitrogen and oxygen atoms in total. The number of ketones is 1. The number of fused-ring (bicyclic) bond motifs is 1. The van der Waals surface area contributed by atoms with Crippen molar-refractivity contribution in [2.75, 3.05) is 0 Å². The highest BCUT2D eigenvalue weighted by Gasteiger charge is 2.19. The Morgan fingerprint density at radius 2 is 2.10 bits per heavy atom. The number of hydrogen-bond donors (Lipinski definition) is 1. The molecule has 21 heavy (non-hydrogen) atoms. The number of benzene rings is 1. The molecule has 0 saturated heterocycles. The molecule has 3 aromatic rings. The second-order valence-corrected chi connectivity index (χ2v) is 4.56. The summed E-state index contributed by atoms with van der Waals surface area (Å²) in [6, 6.07) is 7.11. The van der Waals surface area contributed by atoms with Crippen molar-refractivity contribution in [3.05, 3.63) is 63.2 Å². The van der Waals surface area contributed by atoms with E-state index in [4.69, 9.17) is 11.6 Å². The van der Waals surface area contributed by atoms with Crippen LogP contribution in [0.5, 0.6) is 0 Å². The van der Waals surface area contributed by atoms with Gasteiger partial charge in [0, 0.05) is 29.3 Å². The van der Waals surface area contributed by atoms with Gasteiger partial charge in [0.1, 0.15) is 11.3 Å². The number of carbonyl (C=O) groups excluding carboxylic acids is 1. The number of non-ortho nitro benzene ring substituents is 1. The molecule has 0 radical (unpaired) electrons. The van der Waals surface area contributed by atoms with Crippen LogP contribution in [0.15, 0.2) is 36.5 Å². The van der Waals surface area contributed by atoms with Crippen LogP contribution in [-0.4, -0.2) is 25.7 Å². The summed E-state index contributed by atoms with van der Waals surface area (Å²) in [7, 11) is 0. The lowest BCUT2D eigenvalue weighted by Gasteiger charge is -2.02. The zero-order valence-corrected chi connectivity index (χ0v) is 11.2. The molecular weight excluding hydrogens is 296 g/mol. The number of carbonyl (C=O) groups is 1. The van der Waals surface area contributed by atoms with Gasteiger partial charge in [0.15, 0.2) is 0 Å². The van der Waals surface area contributed by atoms with Crippen molar-refractivity contribution in [3.8, 4) is 0 Å². The molecule has 3 rings (SSSR count). The van der Waals surface area contributed by atoms with Crippen LogP contribution in [0.1, 0.15) is 16.1 Å². The molecule has 1 aromatic carbocycles. The standard InChI is InChI=1S/C13H7ClN4O3/c14-13-16-10(9-4-5-15-12(9)17-13)11(19)7-2-1-3-8(6-7)18(20)21/h1-6H,(H,15,16,17). The van der Waals surface area contributed by atoms with Crippen LogP contribution in [0, 0.1) is 10.1 Å². The van der Waals surface area contributed by atoms with Crippen LogP contribution in [0.3, 0.4) is 0 Å². The molecule has 0 saturated carbocycles. The van der Waals surface area contributed by atoms with Crippen molar-refractivity contribution in [3.63, 3.8) is 0 Å². The van der Waals surface area contributed by atoms with Gasteiger partial charge in [0.05, 0.1) is 4.92 Å². The van der Waals surface area contributed by atoms with E-state index in [9.17, 15) is 14.9 Å². The molecule has 104 valence electrons. The molecule has 0 unspecified atom stereocenters. The van der Waals surface area contributed by atoms with Gasteiger partial charge in [-0.2, -0.15) is 4.98 Å². The lowest BCUT2D eigenvalue weighted by Crippen LogP contribution is -2.06. The van der Waals surface area contributed by atoms with Gasteiger partial charge in [-0.15, -0.1) is 0 Å². The lowest BCUT2D eigenvalue weighted by molar-refractivity contribution is -0.384. The van der Waals surface area contributed by atoms with E-state index >= 15 is 0 Å². The van der Waals surface area contributed by atoms with Crippen LogP contribution in [0.4, 0.5) is 5.69 Å². The molecule has 0 spiro atoms. The summed E-state index contributed by atoms with van der Waals surface area (Å²) in [5, 5.41) is 11.2. The number of aromatic nitrogens is 3. The Balaban J connectivity index is 2.14. The molecule has 0 aliphatic heterocycles. The monoisotopic (exact) mass is 302 g/mol. The fourth-order valence-electron chi connectivity index (χ4n) is 1.98. The van der Waals surface area contributed by atoms with Gasteiger partial charge in [-0.05, 0) is 17.7 Å². The number of nitrogens with one attached hydrogen (secondary N) is 1. The summed E-state index contributed by atoms with van der Waals surface area (Å²) in [4.78, 5) is 33.5. The third-order valence-electron chi connectivity index (χ3n) is 2.92. The number of H-pyrrole nitrogens is 1. The van der Waals surface area contributed by atoms with E-state index in [0.29, 0.717) is 11.0 Å². The Labute approximate surface area is 122 Å². The Bertz CT molecular complexity index is 875. The number of rotatable bonds is 3. The van der Waals surface area contributed by atoms with Crippen LogP contribution >= 0.6 is 11.6 Å². The molecule has 0 amide bonds. The molecule has 1 N–H and O–H groups in total. The minimum absolute atomic E-state index is 0.0706. The number of aromatic amines is 1. The van der Waals surface area contributed by atoms with Gasteiger partial charge in [-0.1, -0.05) is 12.1 Å². The predicted molar refractivity (Wildman–Crippen MR) is 75.4 cm³/mol. The first-order valence-corrected chi connectivity index (χ1v) is 6.24. The first kappa shape index (κ1) is 13.2. The number of hydrogen-bond acceptors (Lipinski definition) is 5. The third kappa shape index (κ3) is 2.34. The number of nitro groups is 1. The van der Waals surface area contributed by atoms with E-state index in [0.717, 1.165) is 0 Å². The van der Waals surface area contributed by atoms with Crippen LogP contribution in [0.25, 0.3) is 11.0 Å². The van der Waals surface area contributed by atoms with Crippen LogP contribution in [-0.2, 0) is 0 Å². The second-order valence-electron chi connectivity index (χ2n) is 4.22. The maximum Gasteiger partial charge on any atom is 0.270 e. The van der Waals surface area contributed by atoms with Gasteiger partial charge in [0.25, 0.3) is 5.69 Å². The number of halogens is 1. The minimum atomic E-state index is -0.560. The first-order valence-electron chi connectivity index (χ1n) is 5.86. The van der Waals surface area contributed by atoms with Gasteiger partial charge in [0.2, 0.25) is 11.1 Å². The van der Waals surface area contributed by atoms with Crippen molar-refractivity contribution in [1.82, 2.24) is 15.0 Å². The van der Waals surface area contributed by atoms with Crippen molar-refractivity contribution >= 4 is 34.1 Å². The molecule has 0 bridgehead atoms. The fourth-order valence-corrected chi connectivity index (χ4v) is 2.15. The highest BCUT2D eigenvalue weighted by molar-refractivity contribution is 6.29. The average Bonchev–Trinajstić information content (AvgIpc) is 2.93. The largest absolute Gasteiger partial charge is 0.346 e. The van der Waals surface area contributed by atoms with Gasteiger partial charge in [-0.3, -0.25) is 14.9 Å². The van der Waals surface area contributed by atoms with Crippen molar-refractivity contribution in [2.24, 2.45) is 0 Å². The summed E-state index contributed by atoms with van der Waals surface area (Å²) in [6.07, 6.45) is 1.61. The molecular formula is C13H7ClN4O3. The van der Waals surface area contributed by atoms with E-state index in [1.165, 1.54) is 24.3 Å². The second kappa shape index (κ2) is 4.95.